The zero-order valence-electron chi connectivity index (χ0n) is 13.7. The summed E-state index contributed by atoms with van der Waals surface area (Å²) in [5.74, 6) is -0.780. The van der Waals surface area contributed by atoms with E-state index in [2.05, 4.69) is 5.32 Å². The van der Waals surface area contributed by atoms with Crippen LogP contribution in [0.25, 0.3) is 0 Å². The number of hydrogen-bond acceptors (Lipinski definition) is 3. The number of ether oxygens (including phenoxy) is 1. The largest absolute Gasteiger partial charge is 0.453 e. The molecule has 5 heteroatoms. The number of aryl methyl sites for hydroxylation is 2. The standard InChI is InChI=1S/C19H20ClNO3/c1-13-8-10-16(20)12-17(13)21-19(23)14(2)24-18(22)11-9-15-6-4-3-5-7-15/h3-8,10,12,14H,9,11H2,1-2H3,(H,21,23)/t14-/m1/s1. The van der Waals surface area contributed by atoms with Crippen LogP contribution in [0.2, 0.25) is 5.02 Å². The molecule has 0 spiro atoms. The Morgan fingerprint density at radius 2 is 1.88 bits per heavy atom. The molecule has 126 valence electrons. The SMILES string of the molecule is Cc1ccc(Cl)cc1NC(=O)[C@@H](C)OC(=O)CCc1ccccc1. The Kier molecular flexibility index (Phi) is 6.38. The zero-order chi connectivity index (χ0) is 17.5. The number of benzene rings is 2. The summed E-state index contributed by atoms with van der Waals surface area (Å²) in [7, 11) is 0. The molecule has 0 saturated heterocycles. The Bertz CT molecular complexity index is 716. The minimum absolute atomic E-state index is 0.234. The molecule has 0 saturated carbocycles. The molecular weight excluding hydrogens is 326 g/mol. The molecule has 0 fully saturated rings. The van der Waals surface area contributed by atoms with Crippen LogP contribution in [0.5, 0.6) is 0 Å². The monoisotopic (exact) mass is 345 g/mol. The first-order valence-electron chi connectivity index (χ1n) is 7.76. The van der Waals surface area contributed by atoms with Gasteiger partial charge in [-0.1, -0.05) is 48.0 Å². The lowest BCUT2D eigenvalue weighted by Crippen LogP contribution is -2.30. The average Bonchev–Trinajstić information content (AvgIpc) is 2.57. The van der Waals surface area contributed by atoms with Gasteiger partial charge in [0, 0.05) is 17.1 Å². The van der Waals surface area contributed by atoms with Gasteiger partial charge in [0.25, 0.3) is 5.91 Å². The van der Waals surface area contributed by atoms with Crippen molar-refractivity contribution in [2.75, 3.05) is 5.32 Å². The smallest absolute Gasteiger partial charge is 0.306 e. The molecule has 0 heterocycles. The van der Waals surface area contributed by atoms with E-state index in [-0.39, 0.29) is 12.3 Å². The number of anilines is 1. The average molecular weight is 346 g/mol. The third-order valence-electron chi connectivity index (χ3n) is 3.60. The summed E-state index contributed by atoms with van der Waals surface area (Å²) in [6, 6.07) is 14.9. The van der Waals surface area contributed by atoms with Gasteiger partial charge in [0.1, 0.15) is 0 Å². The van der Waals surface area contributed by atoms with Gasteiger partial charge in [-0.2, -0.15) is 0 Å². The minimum Gasteiger partial charge on any atom is -0.453 e. The van der Waals surface area contributed by atoms with E-state index in [9.17, 15) is 9.59 Å². The van der Waals surface area contributed by atoms with Gasteiger partial charge in [-0.25, -0.2) is 0 Å². The van der Waals surface area contributed by atoms with Crippen LogP contribution < -0.4 is 5.32 Å². The predicted octanol–water partition coefficient (Wildman–Crippen LogP) is 4.15. The van der Waals surface area contributed by atoms with Gasteiger partial charge < -0.3 is 10.1 Å². The highest BCUT2D eigenvalue weighted by Crippen LogP contribution is 2.20. The van der Waals surface area contributed by atoms with Gasteiger partial charge in [0.05, 0.1) is 0 Å². The molecule has 4 nitrogen and oxygen atoms in total. The van der Waals surface area contributed by atoms with Crippen LogP contribution >= 0.6 is 11.6 Å². The molecule has 1 atom stereocenters. The Morgan fingerprint density at radius 3 is 2.58 bits per heavy atom. The van der Waals surface area contributed by atoms with E-state index in [1.54, 1.807) is 19.1 Å². The van der Waals surface area contributed by atoms with Crippen molar-refractivity contribution < 1.29 is 14.3 Å². The van der Waals surface area contributed by atoms with Crippen molar-refractivity contribution in [3.63, 3.8) is 0 Å². The normalized spacial score (nSPS) is 11.6. The Hall–Kier alpha value is -2.33. The fourth-order valence-corrected chi connectivity index (χ4v) is 2.34. The van der Waals surface area contributed by atoms with Gasteiger partial charge in [0.2, 0.25) is 0 Å². The third-order valence-corrected chi connectivity index (χ3v) is 3.83. The number of rotatable bonds is 6. The summed E-state index contributed by atoms with van der Waals surface area (Å²) < 4.78 is 5.19. The number of esters is 1. The second-order valence-electron chi connectivity index (χ2n) is 5.57. The maximum Gasteiger partial charge on any atom is 0.306 e. The summed E-state index contributed by atoms with van der Waals surface area (Å²) in [4.78, 5) is 24.0. The molecule has 2 aromatic rings. The number of nitrogens with one attached hydrogen (secondary N) is 1. The molecule has 1 N–H and O–H groups in total. The van der Waals surface area contributed by atoms with Crippen LogP contribution in [0.1, 0.15) is 24.5 Å². The molecule has 0 aromatic heterocycles. The number of carbonyl (C=O) groups excluding carboxylic acids is 2. The maximum atomic E-state index is 12.2. The van der Waals surface area contributed by atoms with Crippen molar-refractivity contribution in [1.82, 2.24) is 0 Å². The van der Waals surface area contributed by atoms with E-state index in [1.165, 1.54) is 0 Å². The molecule has 0 radical (unpaired) electrons. The van der Waals surface area contributed by atoms with E-state index < -0.39 is 12.1 Å². The number of halogens is 1. The maximum absolute atomic E-state index is 12.2. The first kappa shape index (κ1) is 18.0. The second-order valence-corrected chi connectivity index (χ2v) is 6.00. The molecule has 0 aliphatic rings. The lowest BCUT2D eigenvalue weighted by Gasteiger charge is -2.15. The molecule has 0 aliphatic carbocycles. The summed E-state index contributed by atoms with van der Waals surface area (Å²) in [5.41, 5.74) is 2.55. The predicted molar refractivity (Wildman–Crippen MR) is 95.1 cm³/mol. The van der Waals surface area contributed by atoms with Crippen LogP contribution in [0.4, 0.5) is 5.69 Å². The lowest BCUT2D eigenvalue weighted by atomic mass is 10.1. The molecular formula is C19H20ClNO3. The topological polar surface area (TPSA) is 55.4 Å². The molecule has 24 heavy (non-hydrogen) atoms. The number of amides is 1. The van der Waals surface area contributed by atoms with E-state index in [1.807, 2.05) is 43.3 Å². The molecule has 0 aliphatic heterocycles. The first-order chi connectivity index (χ1) is 11.5. The number of carbonyl (C=O) groups is 2. The van der Waals surface area contributed by atoms with Gasteiger partial charge in [-0.05, 0) is 43.5 Å². The summed E-state index contributed by atoms with van der Waals surface area (Å²) in [6.45, 7) is 3.41. The molecule has 2 aromatic carbocycles. The van der Waals surface area contributed by atoms with Crippen molar-refractivity contribution in [2.24, 2.45) is 0 Å². The van der Waals surface area contributed by atoms with E-state index in [0.717, 1.165) is 11.1 Å². The van der Waals surface area contributed by atoms with Crippen LogP contribution in [0.3, 0.4) is 0 Å². The van der Waals surface area contributed by atoms with Crippen LogP contribution in [0, 0.1) is 6.92 Å². The lowest BCUT2D eigenvalue weighted by molar-refractivity contribution is -0.153. The van der Waals surface area contributed by atoms with Crippen molar-refractivity contribution in [3.05, 3.63) is 64.7 Å². The molecule has 0 unspecified atom stereocenters. The van der Waals surface area contributed by atoms with E-state index in [4.69, 9.17) is 16.3 Å². The second kappa shape index (κ2) is 8.50. The fourth-order valence-electron chi connectivity index (χ4n) is 2.16. The highest BCUT2D eigenvalue weighted by atomic mass is 35.5. The van der Waals surface area contributed by atoms with E-state index in [0.29, 0.717) is 17.1 Å². The number of hydrogen-bond donors (Lipinski definition) is 1. The minimum atomic E-state index is -0.869. The first-order valence-corrected chi connectivity index (χ1v) is 8.14. The zero-order valence-corrected chi connectivity index (χ0v) is 14.5. The van der Waals surface area contributed by atoms with Crippen LogP contribution in [-0.4, -0.2) is 18.0 Å². The molecule has 0 bridgehead atoms. The molecule has 1 amide bonds. The Labute approximate surface area is 146 Å². The van der Waals surface area contributed by atoms with Crippen molar-refractivity contribution in [1.29, 1.82) is 0 Å². The summed E-state index contributed by atoms with van der Waals surface area (Å²) in [5, 5.41) is 3.26. The van der Waals surface area contributed by atoms with Crippen molar-refractivity contribution in [2.45, 2.75) is 32.8 Å². The van der Waals surface area contributed by atoms with Crippen LogP contribution in [-0.2, 0) is 20.7 Å². The third kappa shape index (κ3) is 5.39. The van der Waals surface area contributed by atoms with Crippen molar-refractivity contribution in [3.8, 4) is 0 Å². The molecule has 2 rings (SSSR count). The summed E-state index contributed by atoms with van der Waals surface area (Å²) in [6.07, 6.45) is -0.0501. The van der Waals surface area contributed by atoms with Crippen molar-refractivity contribution >= 4 is 29.2 Å². The van der Waals surface area contributed by atoms with E-state index >= 15 is 0 Å². The van der Waals surface area contributed by atoms with Crippen LogP contribution in [0.15, 0.2) is 48.5 Å². The Balaban J connectivity index is 1.84. The highest BCUT2D eigenvalue weighted by Gasteiger charge is 2.18. The quantitative estimate of drug-likeness (QED) is 0.800. The highest BCUT2D eigenvalue weighted by molar-refractivity contribution is 6.31. The summed E-state index contributed by atoms with van der Waals surface area (Å²) >= 11 is 5.93. The van der Waals surface area contributed by atoms with Gasteiger partial charge >= 0.3 is 5.97 Å². The Morgan fingerprint density at radius 1 is 1.17 bits per heavy atom. The van der Waals surface area contributed by atoms with Gasteiger partial charge in [0.15, 0.2) is 6.10 Å². The fraction of sp³-hybridized carbons (Fsp3) is 0.263. The van der Waals surface area contributed by atoms with Gasteiger partial charge in [-0.15, -0.1) is 0 Å². The van der Waals surface area contributed by atoms with Gasteiger partial charge in [-0.3, -0.25) is 9.59 Å².